The second-order valence-corrected chi connectivity index (χ2v) is 9.85. The van der Waals surface area contributed by atoms with Crippen molar-refractivity contribution in [3.8, 4) is 5.75 Å². The number of carbonyl (C=O) groups excluding carboxylic acids is 1. The van der Waals surface area contributed by atoms with E-state index in [1.165, 1.54) is 11.3 Å². The molecule has 3 heterocycles. The van der Waals surface area contributed by atoms with Crippen molar-refractivity contribution in [3.05, 3.63) is 83.4 Å². The van der Waals surface area contributed by atoms with Crippen molar-refractivity contribution >= 4 is 40.3 Å². The third-order valence-corrected chi connectivity index (χ3v) is 7.95. The highest BCUT2D eigenvalue weighted by Gasteiger charge is 2.59. The SMILES string of the molecule is COc1ccc(N2CCN3c4ccccc4C[C@@]4(C(=O)N(c5ccc(Cl)cc5)N=C4C)[C@@H]3C2)cc1. The fraction of sp³-hybridized carbons (Fsp3) is 0.286. The molecule has 3 aromatic rings. The Morgan fingerprint density at radius 1 is 0.971 bits per heavy atom. The molecule has 1 spiro atoms. The lowest BCUT2D eigenvalue weighted by Crippen LogP contribution is -2.67. The lowest BCUT2D eigenvalue weighted by atomic mass is 9.67. The molecule has 0 bridgehead atoms. The lowest BCUT2D eigenvalue weighted by molar-refractivity contribution is -0.125. The molecule has 3 aliphatic heterocycles. The maximum atomic E-state index is 14.3. The van der Waals surface area contributed by atoms with E-state index in [4.69, 9.17) is 21.4 Å². The number of fused-ring (bicyclic) bond motifs is 4. The maximum absolute atomic E-state index is 14.3. The molecule has 0 N–H and O–H groups in total. The standard InChI is InChI=1S/C28H27ClN4O2/c1-19-28(27(34)33(30-19)23-9-7-21(29)8-10-23)17-20-5-3-4-6-25(20)32-16-15-31(18-26(28)32)22-11-13-24(35-2)14-12-22/h3-14,26H,15-18H2,1-2H3/t26-,28-/m0/s1. The van der Waals surface area contributed by atoms with E-state index in [1.807, 2.05) is 31.2 Å². The zero-order valence-corrected chi connectivity index (χ0v) is 20.6. The first-order chi connectivity index (χ1) is 17.0. The van der Waals surface area contributed by atoms with E-state index in [2.05, 4.69) is 46.2 Å². The van der Waals surface area contributed by atoms with E-state index in [0.29, 0.717) is 11.4 Å². The predicted octanol–water partition coefficient (Wildman–Crippen LogP) is 5.01. The highest BCUT2D eigenvalue weighted by Crippen LogP contribution is 2.48. The van der Waals surface area contributed by atoms with E-state index in [1.54, 1.807) is 24.3 Å². The quantitative estimate of drug-likeness (QED) is 0.522. The molecule has 178 valence electrons. The fourth-order valence-electron chi connectivity index (χ4n) is 5.85. The second kappa shape index (κ2) is 8.31. The normalized spacial score (nSPS) is 23.3. The number of hydrogen-bond donors (Lipinski definition) is 0. The van der Waals surface area contributed by atoms with Crippen molar-refractivity contribution in [2.45, 2.75) is 19.4 Å². The van der Waals surface area contributed by atoms with Crippen LogP contribution >= 0.6 is 11.6 Å². The average Bonchev–Trinajstić information content (AvgIpc) is 3.14. The zero-order chi connectivity index (χ0) is 24.2. The second-order valence-electron chi connectivity index (χ2n) is 9.41. The summed E-state index contributed by atoms with van der Waals surface area (Å²) < 4.78 is 5.35. The van der Waals surface area contributed by atoms with Crippen LogP contribution in [0.2, 0.25) is 5.02 Å². The summed E-state index contributed by atoms with van der Waals surface area (Å²) in [6.45, 7) is 4.44. The summed E-state index contributed by atoms with van der Waals surface area (Å²) >= 11 is 6.11. The minimum Gasteiger partial charge on any atom is -0.497 e. The number of para-hydroxylation sites is 1. The molecule has 1 saturated heterocycles. The molecule has 7 heteroatoms. The Bertz CT molecular complexity index is 1310. The molecule has 1 amide bonds. The van der Waals surface area contributed by atoms with Gasteiger partial charge in [0.1, 0.15) is 11.2 Å². The largest absolute Gasteiger partial charge is 0.497 e. The molecule has 0 aromatic heterocycles. The van der Waals surface area contributed by atoms with Gasteiger partial charge in [-0.3, -0.25) is 4.79 Å². The number of rotatable bonds is 3. The number of halogens is 1. The summed E-state index contributed by atoms with van der Waals surface area (Å²) in [5.74, 6) is 0.862. The van der Waals surface area contributed by atoms with Gasteiger partial charge in [0.2, 0.25) is 0 Å². The third-order valence-electron chi connectivity index (χ3n) is 7.70. The van der Waals surface area contributed by atoms with Gasteiger partial charge in [0.15, 0.2) is 0 Å². The molecule has 0 saturated carbocycles. The van der Waals surface area contributed by atoms with Crippen molar-refractivity contribution in [1.82, 2.24) is 0 Å². The Labute approximate surface area is 210 Å². The van der Waals surface area contributed by atoms with Gasteiger partial charge in [-0.05, 0) is 73.5 Å². The molecule has 6 nitrogen and oxygen atoms in total. The number of benzene rings is 3. The number of hydrogen-bond acceptors (Lipinski definition) is 5. The number of piperazine rings is 1. The summed E-state index contributed by atoms with van der Waals surface area (Å²) in [7, 11) is 1.68. The summed E-state index contributed by atoms with van der Waals surface area (Å²) in [6.07, 6.45) is 0.638. The van der Waals surface area contributed by atoms with Gasteiger partial charge in [-0.15, -0.1) is 0 Å². The Hall–Kier alpha value is -3.51. The van der Waals surface area contributed by atoms with Crippen LogP contribution in [-0.2, 0) is 11.2 Å². The van der Waals surface area contributed by atoms with E-state index < -0.39 is 5.41 Å². The van der Waals surface area contributed by atoms with Crippen molar-refractivity contribution < 1.29 is 9.53 Å². The number of nitrogens with zero attached hydrogens (tertiary/aromatic N) is 4. The summed E-state index contributed by atoms with van der Waals surface area (Å²) in [5, 5.41) is 7.04. The highest BCUT2D eigenvalue weighted by molar-refractivity contribution is 6.30. The van der Waals surface area contributed by atoms with Gasteiger partial charge >= 0.3 is 0 Å². The van der Waals surface area contributed by atoms with Crippen molar-refractivity contribution in [1.29, 1.82) is 0 Å². The first-order valence-electron chi connectivity index (χ1n) is 11.9. The lowest BCUT2D eigenvalue weighted by Gasteiger charge is -2.53. The van der Waals surface area contributed by atoms with E-state index in [9.17, 15) is 4.79 Å². The number of hydrazone groups is 1. The summed E-state index contributed by atoms with van der Waals surface area (Å²) in [4.78, 5) is 19.1. The third kappa shape index (κ3) is 3.39. The van der Waals surface area contributed by atoms with Crippen LogP contribution in [0.5, 0.6) is 5.75 Å². The molecule has 0 radical (unpaired) electrons. The molecule has 6 rings (SSSR count). The Balaban J connectivity index is 1.42. The fourth-order valence-corrected chi connectivity index (χ4v) is 5.98. The number of methoxy groups -OCH3 is 1. The van der Waals surface area contributed by atoms with E-state index in [-0.39, 0.29) is 11.9 Å². The minimum atomic E-state index is -0.737. The van der Waals surface area contributed by atoms with Crippen molar-refractivity contribution in [2.75, 3.05) is 41.6 Å². The number of ether oxygens (including phenoxy) is 1. The van der Waals surface area contributed by atoms with Crippen LogP contribution in [0.4, 0.5) is 17.1 Å². The number of amides is 1. The maximum Gasteiger partial charge on any atom is 0.261 e. The van der Waals surface area contributed by atoms with E-state index >= 15 is 0 Å². The highest BCUT2D eigenvalue weighted by atomic mass is 35.5. The van der Waals surface area contributed by atoms with Gasteiger partial charge in [0.25, 0.3) is 5.91 Å². The molecule has 0 aliphatic carbocycles. The van der Waals surface area contributed by atoms with Crippen LogP contribution in [0.15, 0.2) is 77.9 Å². The van der Waals surface area contributed by atoms with Gasteiger partial charge in [0.05, 0.1) is 24.6 Å². The molecule has 35 heavy (non-hydrogen) atoms. The van der Waals surface area contributed by atoms with Crippen LogP contribution in [0.1, 0.15) is 12.5 Å². The van der Waals surface area contributed by atoms with Gasteiger partial charge < -0.3 is 14.5 Å². The molecule has 0 unspecified atom stereocenters. The van der Waals surface area contributed by atoms with Crippen molar-refractivity contribution in [2.24, 2.45) is 10.5 Å². The monoisotopic (exact) mass is 486 g/mol. The predicted molar refractivity (Wildman–Crippen MR) is 141 cm³/mol. The van der Waals surface area contributed by atoms with Crippen LogP contribution in [0.25, 0.3) is 0 Å². The first-order valence-corrected chi connectivity index (χ1v) is 12.3. The van der Waals surface area contributed by atoms with E-state index in [0.717, 1.165) is 42.5 Å². The van der Waals surface area contributed by atoms with Crippen LogP contribution in [0, 0.1) is 5.41 Å². The van der Waals surface area contributed by atoms with Crippen molar-refractivity contribution in [3.63, 3.8) is 0 Å². The molecule has 3 aromatic carbocycles. The van der Waals surface area contributed by atoms with Gasteiger partial charge in [-0.25, -0.2) is 0 Å². The minimum absolute atomic E-state index is 0.0263. The molecular weight excluding hydrogens is 460 g/mol. The first kappa shape index (κ1) is 22.0. The molecule has 2 atom stereocenters. The Morgan fingerprint density at radius 3 is 2.43 bits per heavy atom. The number of carbonyl (C=O) groups is 1. The van der Waals surface area contributed by atoms with Crippen LogP contribution in [-0.4, -0.2) is 44.4 Å². The Morgan fingerprint density at radius 2 is 1.69 bits per heavy atom. The number of anilines is 3. The van der Waals surface area contributed by atoms with Gasteiger partial charge in [-0.2, -0.15) is 10.1 Å². The van der Waals surface area contributed by atoms with Crippen LogP contribution in [0.3, 0.4) is 0 Å². The van der Waals surface area contributed by atoms with Gasteiger partial charge in [0, 0.05) is 36.0 Å². The zero-order valence-electron chi connectivity index (χ0n) is 19.8. The molecular formula is C28H27ClN4O2. The summed E-state index contributed by atoms with van der Waals surface area (Å²) in [5.41, 5.74) is 4.42. The molecule has 3 aliphatic rings. The van der Waals surface area contributed by atoms with Gasteiger partial charge in [-0.1, -0.05) is 29.8 Å². The van der Waals surface area contributed by atoms with Crippen LogP contribution < -0.4 is 19.5 Å². The Kier molecular flexibility index (Phi) is 5.22. The molecule has 1 fully saturated rings. The topological polar surface area (TPSA) is 48.4 Å². The smallest absolute Gasteiger partial charge is 0.261 e. The average molecular weight is 487 g/mol. The summed E-state index contributed by atoms with van der Waals surface area (Å²) in [6, 6.07) is 23.9.